The topological polar surface area (TPSA) is 41.5 Å². The average Bonchev–Trinajstić information content (AvgIpc) is 2.40. The van der Waals surface area contributed by atoms with Gasteiger partial charge in [-0.2, -0.15) is 11.8 Å². The van der Waals surface area contributed by atoms with Crippen molar-refractivity contribution < 1.29 is 9.84 Å². The second kappa shape index (κ2) is 7.67. The van der Waals surface area contributed by atoms with Crippen molar-refractivity contribution in [3.63, 3.8) is 0 Å². The smallest absolute Gasteiger partial charge is 0.119 e. The highest BCUT2D eigenvalue weighted by Gasteiger charge is 2.17. The van der Waals surface area contributed by atoms with Crippen LogP contribution in [0.1, 0.15) is 25.5 Å². The second-order valence-electron chi connectivity index (χ2n) is 4.41. The fourth-order valence-electron chi connectivity index (χ4n) is 1.95. The van der Waals surface area contributed by atoms with Crippen molar-refractivity contribution in [1.82, 2.24) is 5.32 Å². The van der Waals surface area contributed by atoms with E-state index in [0.717, 1.165) is 5.75 Å². The third kappa shape index (κ3) is 4.19. The highest BCUT2D eigenvalue weighted by molar-refractivity contribution is 7.99. The normalized spacial score (nSPS) is 16.1. The van der Waals surface area contributed by atoms with Crippen molar-refractivity contribution in [3.05, 3.63) is 29.8 Å². The minimum atomic E-state index is 0.195. The molecule has 1 aromatic carbocycles. The number of benzene rings is 1. The molecule has 0 amide bonds. The van der Waals surface area contributed by atoms with E-state index in [1.54, 1.807) is 18.9 Å². The molecule has 4 heteroatoms. The van der Waals surface area contributed by atoms with Gasteiger partial charge in [0.05, 0.1) is 13.7 Å². The van der Waals surface area contributed by atoms with Gasteiger partial charge in [-0.15, -0.1) is 0 Å². The Morgan fingerprint density at radius 1 is 1.39 bits per heavy atom. The summed E-state index contributed by atoms with van der Waals surface area (Å²) in [6.45, 7) is 4.42. The van der Waals surface area contributed by atoms with Gasteiger partial charge in [-0.3, -0.25) is 0 Å². The zero-order valence-corrected chi connectivity index (χ0v) is 12.3. The molecule has 0 heterocycles. The van der Waals surface area contributed by atoms with Gasteiger partial charge in [0.25, 0.3) is 0 Å². The predicted octanol–water partition coefficient (Wildman–Crippen LogP) is 2.46. The minimum absolute atomic E-state index is 0.195. The fraction of sp³-hybridized carbons (Fsp3) is 0.571. The molecule has 0 aromatic heterocycles. The number of hydrogen-bond acceptors (Lipinski definition) is 4. The van der Waals surface area contributed by atoms with E-state index in [-0.39, 0.29) is 23.9 Å². The Kier molecular flexibility index (Phi) is 6.54. The highest BCUT2D eigenvalue weighted by atomic mass is 32.2. The van der Waals surface area contributed by atoms with E-state index in [2.05, 4.69) is 25.2 Å². The summed E-state index contributed by atoms with van der Waals surface area (Å²) in [6.07, 6.45) is 2.02. The van der Waals surface area contributed by atoms with E-state index in [4.69, 9.17) is 4.74 Å². The molecule has 0 aliphatic carbocycles. The Morgan fingerprint density at radius 3 is 2.67 bits per heavy atom. The molecule has 3 unspecified atom stereocenters. The quantitative estimate of drug-likeness (QED) is 0.798. The third-order valence-corrected chi connectivity index (χ3v) is 4.31. The molecule has 3 atom stereocenters. The fourth-order valence-corrected chi connectivity index (χ4v) is 2.58. The molecule has 0 radical (unpaired) electrons. The molecule has 0 saturated heterocycles. The number of methoxy groups -OCH3 is 1. The number of thioether (sulfide) groups is 1. The molecule has 18 heavy (non-hydrogen) atoms. The number of aliphatic hydroxyl groups excluding tert-OH is 1. The summed E-state index contributed by atoms with van der Waals surface area (Å²) in [4.78, 5) is 0. The van der Waals surface area contributed by atoms with Gasteiger partial charge in [0.1, 0.15) is 5.75 Å². The Hall–Kier alpha value is -0.710. The van der Waals surface area contributed by atoms with Crippen LogP contribution in [-0.4, -0.2) is 36.4 Å². The van der Waals surface area contributed by atoms with Gasteiger partial charge in [0, 0.05) is 17.3 Å². The van der Waals surface area contributed by atoms with E-state index in [9.17, 15) is 5.11 Å². The zero-order chi connectivity index (χ0) is 13.5. The highest BCUT2D eigenvalue weighted by Crippen LogP contribution is 2.20. The molecular weight excluding hydrogens is 246 g/mol. The lowest BCUT2D eigenvalue weighted by Gasteiger charge is -2.25. The first-order valence-corrected chi connectivity index (χ1v) is 7.44. The first kappa shape index (κ1) is 15.3. The summed E-state index contributed by atoms with van der Waals surface area (Å²) >= 11 is 1.69. The average molecular weight is 269 g/mol. The largest absolute Gasteiger partial charge is 0.497 e. The summed E-state index contributed by atoms with van der Waals surface area (Å²) in [6, 6.07) is 8.55. The molecule has 0 aliphatic rings. The summed E-state index contributed by atoms with van der Waals surface area (Å²) < 4.78 is 5.23. The van der Waals surface area contributed by atoms with Gasteiger partial charge >= 0.3 is 0 Å². The zero-order valence-electron chi connectivity index (χ0n) is 11.5. The Labute approximate surface area is 114 Å². The van der Waals surface area contributed by atoms with Crippen LogP contribution in [0.4, 0.5) is 0 Å². The summed E-state index contributed by atoms with van der Waals surface area (Å²) in [7, 11) is 1.68. The van der Waals surface area contributed by atoms with E-state index in [0.29, 0.717) is 0 Å². The first-order valence-electron chi connectivity index (χ1n) is 6.16. The summed E-state index contributed by atoms with van der Waals surface area (Å²) in [5, 5.41) is 13.0. The summed E-state index contributed by atoms with van der Waals surface area (Å²) in [5.41, 5.74) is 1.19. The van der Waals surface area contributed by atoms with Crippen LogP contribution in [0.15, 0.2) is 24.3 Å². The number of nitrogens with one attached hydrogen (secondary N) is 1. The van der Waals surface area contributed by atoms with Crippen molar-refractivity contribution in [2.24, 2.45) is 0 Å². The van der Waals surface area contributed by atoms with E-state index >= 15 is 0 Å². The van der Waals surface area contributed by atoms with Crippen molar-refractivity contribution in [1.29, 1.82) is 0 Å². The van der Waals surface area contributed by atoms with Crippen molar-refractivity contribution in [2.45, 2.75) is 31.2 Å². The maximum atomic E-state index is 9.28. The minimum Gasteiger partial charge on any atom is -0.497 e. The second-order valence-corrected chi connectivity index (χ2v) is 5.49. The van der Waals surface area contributed by atoms with Crippen LogP contribution in [0.5, 0.6) is 5.75 Å². The van der Waals surface area contributed by atoms with E-state index in [1.807, 2.05) is 24.5 Å². The van der Waals surface area contributed by atoms with Crippen LogP contribution >= 0.6 is 11.8 Å². The van der Waals surface area contributed by atoms with Crippen LogP contribution in [0.25, 0.3) is 0 Å². The van der Waals surface area contributed by atoms with Gasteiger partial charge in [-0.1, -0.05) is 12.1 Å². The molecular formula is C14H23NO2S. The maximum absolute atomic E-state index is 9.28. The van der Waals surface area contributed by atoms with Crippen LogP contribution < -0.4 is 10.1 Å². The molecule has 2 N–H and O–H groups in total. The van der Waals surface area contributed by atoms with Crippen molar-refractivity contribution >= 4 is 11.8 Å². The van der Waals surface area contributed by atoms with Gasteiger partial charge < -0.3 is 15.2 Å². The first-order chi connectivity index (χ1) is 8.62. The SMILES string of the molecule is COc1cccc(C(C)NC(C)C(CO)SC)c1. The molecule has 0 aliphatic heterocycles. The van der Waals surface area contributed by atoms with Gasteiger partial charge in [-0.05, 0) is 37.8 Å². The molecule has 1 aromatic rings. The third-order valence-electron chi connectivity index (χ3n) is 3.15. The standard InChI is InChI=1S/C14H23NO2S/c1-10(15-11(2)14(9-16)18-4)12-6-5-7-13(8-12)17-3/h5-8,10-11,14-16H,9H2,1-4H3. The van der Waals surface area contributed by atoms with Crippen LogP contribution in [-0.2, 0) is 0 Å². The van der Waals surface area contributed by atoms with Crippen LogP contribution in [0.2, 0.25) is 0 Å². The number of rotatable bonds is 7. The Bertz CT molecular complexity index is 355. The maximum Gasteiger partial charge on any atom is 0.119 e. The monoisotopic (exact) mass is 269 g/mol. The lowest BCUT2D eigenvalue weighted by Crippen LogP contribution is -2.38. The van der Waals surface area contributed by atoms with Gasteiger partial charge in [0.15, 0.2) is 0 Å². The molecule has 102 valence electrons. The van der Waals surface area contributed by atoms with Gasteiger partial charge in [-0.25, -0.2) is 0 Å². The van der Waals surface area contributed by atoms with E-state index < -0.39 is 0 Å². The van der Waals surface area contributed by atoms with Crippen molar-refractivity contribution in [2.75, 3.05) is 20.0 Å². The van der Waals surface area contributed by atoms with Crippen molar-refractivity contribution in [3.8, 4) is 5.75 Å². The summed E-state index contributed by atoms with van der Waals surface area (Å²) in [5.74, 6) is 0.873. The predicted molar refractivity (Wildman–Crippen MR) is 78.4 cm³/mol. The molecule has 3 nitrogen and oxygen atoms in total. The molecule has 0 bridgehead atoms. The molecule has 0 spiro atoms. The van der Waals surface area contributed by atoms with Gasteiger partial charge in [0.2, 0.25) is 0 Å². The van der Waals surface area contributed by atoms with E-state index in [1.165, 1.54) is 5.56 Å². The number of hydrogen-bond donors (Lipinski definition) is 2. The number of aliphatic hydroxyl groups is 1. The Balaban J connectivity index is 2.66. The van der Waals surface area contributed by atoms with Crippen LogP contribution in [0, 0.1) is 0 Å². The molecule has 0 fully saturated rings. The molecule has 0 saturated carbocycles. The Morgan fingerprint density at radius 2 is 2.11 bits per heavy atom. The molecule has 1 rings (SSSR count). The lowest BCUT2D eigenvalue weighted by atomic mass is 10.1. The van der Waals surface area contributed by atoms with Crippen LogP contribution in [0.3, 0.4) is 0 Å². The lowest BCUT2D eigenvalue weighted by molar-refractivity contribution is 0.271. The number of ether oxygens (including phenoxy) is 1.